The Kier molecular flexibility index (Phi) is 5.40. The lowest BCUT2D eigenvalue weighted by Gasteiger charge is -2.20. The fraction of sp³-hybridized carbons (Fsp3) is 0.316. The van der Waals surface area contributed by atoms with Gasteiger partial charge in [0.15, 0.2) is 11.6 Å². The molecule has 2 aromatic rings. The Morgan fingerprint density at radius 2 is 1.92 bits per heavy atom. The van der Waals surface area contributed by atoms with Crippen LogP contribution in [0.3, 0.4) is 0 Å². The molecule has 6 heteroatoms. The van der Waals surface area contributed by atoms with Crippen molar-refractivity contribution in [3.05, 3.63) is 65.2 Å². The maximum Gasteiger partial charge on any atom is 0.221 e. The van der Waals surface area contributed by atoms with Gasteiger partial charge in [-0.3, -0.25) is 4.79 Å². The van der Waals surface area contributed by atoms with Crippen molar-refractivity contribution in [1.29, 1.82) is 0 Å². The van der Waals surface area contributed by atoms with Crippen LogP contribution in [0.1, 0.15) is 30.6 Å². The standard InChI is InChI=1S/C19H20F2N2O2/c1-12(24)23-15-5-2-13(3-6-15)11-22-18-8-9-25-19(18)14-4-7-16(20)17(21)10-14/h2-7,10,18-19,22H,8-9,11H2,1H3,(H,23,24)/t18-,19-/m0/s1. The van der Waals surface area contributed by atoms with Crippen LogP contribution in [0.15, 0.2) is 42.5 Å². The lowest BCUT2D eigenvalue weighted by Crippen LogP contribution is -2.31. The van der Waals surface area contributed by atoms with Gasteiger partial charge >= 0.3 is 0 Å². The van der Waals surface area contributed by atoms with Crippen LogP contribution in [0.2, 0.25) is 0 Å². The van der Waals surface area contributed by atoms with Gasteiger partial charge in [0.05, 0.1) is 6.10 Å². The van der Waals surface area contributed by atoms with Crippen LogP contribution in [0.5, 0.6) is 0 Å². The van der Waals surface area contributed by atoms with Gasteiger partial charge in [0.25, 0.3) is 0 Å². The second-order valence-corrected chi connectivity index (χ2v) is 6.12. The Morgan fingerprint density at radius 1 is 1.16 bits per heavy atom. The first-order chi connectivity index (χ1) is 12.0. The van der Waals surface area contributed by atoms with E-state index in [0.717, 1.165) is 23.7 Å². The zero-order chi connectivity index (χ0) is 17.8. The number of nitrogens with one attached hydrogen (secondary N) is 2. The van der Waals surface area contributed by atoms with E-state index in [-0.39, 0.29) is 18.1 Å². The number of hydrogen-bond acceptors (Lipinski definition) is 3. The third-order valence-corrected chi connectivity index (χ3v) is 4.21. The summed E-state index contributed by atoms with van der Waals surface area (Å²) in [4.78, 5) is 11.0. The van der Waals surface area contributed by atoms with Crippen molar-refractivity contribution in [3.63, 3.8) is 0 Å². The first kappa shape index (κ1) is 17.5. The molecule has 0 saturated carbocycles. The molecule has 0 aromatic heterocycles. The summed E-state index contributed by atoms with van der Waals surface area (Å²) in [6.07, 6.45) is 0.502. The molecule has 0 unspecified atom stereocenters. The van der Waals surface area contributed by atoms with Crippen molar-refractivity contribution in [1.82, 2.24) is 5.32 Å². The highest BCUT2D eigenvalue weighted by Gasteiger charge is 2.29. The maximum atomic E-state index is 13.5. The van der Waals surface area contributed by atoms with Gasteiger partial charge in [0, 0.05) is 31.8 Å². The van der Waals surface area contributed by atoms with Gasteiger partial charge in [-0.1, -0.05) is 18.2 Å². The zero-order valence-corrected chi connectivity index (χ0v) is 13.9. The van der Waals surface area contributed by atoms with Crippen molar-refractivity contribution in [2.24, 2.45) is 0 Å². The van der Waals surface area contributed by atoms with Crippen molar-refractivity contribution >= 4 is 11.6 Å². The van der Waals surface area contributed by atoms with Crippen LogP contribution in [0.25, 0.3) is 0 Å². The summed E-state index contributed by atoms with van der Waals surface area (Å²) >= 11 is 0. The van der Waals surface area contributed by atoms with Crippen LogP contribution in [0, 0.1) is 11.6 Å². The fourth-order valence-corrected chi connectivity index (χ4v) is 2.97. The molecule has 1 saturated heterocycles. The van der Waals surface area contributed by atoms with Gasteiger partial charge < -0.3 is 15.4 Å². The molecule has 0 bridgehead atoms. The van der Waals surface area contributed by atoms with Gasteiger partial charge in [-0.25, -0.2) is 8.78 Å². The first-order valence-electron chi connectivity index (χ1n) is 8.19. The Bertz CT molecular complexity index is 750. The number of hydrogen-bond donors (Lipinski definition) is 2. The van der Waals surface area contributed by atoms with Crippen molar-refractivity contribution in [2.45, 2.75) is 32.0 Å². The zero-order valence-electron chi connectivity index (χ0n) is 13.9. The highest BCUT2D eigenvalue weighted by Crippen LogP contribution is 2.30. The van der Waals surface area contributed by atoms with Crippen LogP contribution in [-0.4, -0.2) is 18.6 Å². The second kappa shape index (κ2) is 7.72. The lowest BCUT2D eigenvalue weighted by molar-refractivity contribution is -0.114. The summed E-state index contributed by atoms with van der Waals surface area (Å²) in [5.74, 6) is -1.82. The third-order valence-electron chi connectivity index (χ3n) is 4.21. The molecule has 25 heavy (non-hydrogen) atoms. The average Bonchev–Trinajstić information content (AvgIpc) is 3.05. The van der Waals surface area contributed by atoms with E-state index in [2.05, 4.69) is 10.6 Å². The summed E-state index contributed by atoms with van der Waals surface area (Å²) in [5.41, 5.74) is 2.44. The smallest absolute Gasteiger partial charge is 0.221 e. The van der Waals surface area contributed by atoms with Crippen LogP contribution < -0.4 is 10.6 Å². The van der Waals surface area contributed by atoms with E-state index in [9.17, 15) is 13.6 Å². The van der Waals surface area contributed by atoms with Gasteiger partial charge in [-0.15, -0.1) is 0 Å². The molecule has 0 aliphatic carbocycles. The Morgan fingerprint density at radius 3 is 2.60 bits per heavy atom. The van der Waals surface area contributed by atoms with Gasteiger partial charge in [0.1, 0.15) is 0 Å². The summed E-state index contributed by atoms with van der Waals surface area (Å²) in [5, 5.41) is 6.13. The lowest BCUT2D eigenvalue weighted by atomic mass is 10.0. The predicted octanol–water partition coefficient (Wildman–Crippen LogP) is 3.54. The van der Waals surface area contributed by atoms with Gasteiger partial charge in [-0.05, 0) is 41.8 Å². The number of benzene rings is 2. The number of ether oxygens (including phenoxy) is 1. The van der Waals surface area contributed by atoms with E-state index in [0.29, 0.717) is 18.7 Å². The highest BCUT2D eigenvalue weighted by atomic mass is 19.2. The minimum Gasteiger partial charge on any atom is -0.372 e. The number of carbonyl (C=O) groups is 1. The first-order valence-corrected chi connectivity index (χ1v) is 8.19. The van der Waals surface area contributed by atoms with E-state index in [1.54, 1.807) is 6.07 Å². The molecule has 2 atom stereocenters. The molecule has 132 valence electrons. The Hall–Kier alpha value is -2.31. The van der Waals surface area contributed by atoms with E-state index >= 15 is 0 Å². The largest absolute Gasteiger partial charge is 0.372 e. The van der Waals surface area contributed by atoms with E-state index in [1.807, 2.05) is 24.3 Å². The highest BCUT2D eigenvalue weighted by molar-refractivity contribution is 5.88. The molecule has 1 aliphatic rings. The average molecular weight is 346 g/mol. The summed E-state index contributed by atoms with van der Waals surface area (Å²) in [6, 6.07) is 11.5. The monoisotopic (exact) mass is 346 g/mol. The molecule has 0 radical (unpaired) electrons. The summed E-state index contributed by atoms with van der Waals surface area (Å²) < 4.78 is 32.3. The maximum absolute atomic E-state index is 13.5. The molecule has 1 amide bonds. The molecule has 0 spiro atoms. The molecule has 1 aliphatic heterocycles. The molecular weight excluding hydrogens is 326 g/mol. The number of anilines is 1. The van der Waals surface area contributed by atoms with Crippen LogP contribution in [-0.2, 0) is 16.1 Å². The van der Waals surface area contributed by atoms with Gasteiger partial charge in [0.2, 0.25) is 5.91 Å². The van der Waals surface area contributed by atoms with E-state index in [1.165, 1.54) is 13.0 Å². The molecule has 3 rings (SSSR count). The predicted molar refractivity (Wildman–Crippen MR) is 91.0 cm³/mol. The Labute approximate surface area is 145 Å². The van der Waals surface area contributed by atoms with E-state index < -0.39 is 11.6 Å². The number of carbonyl (C=O) groups excluding carboxylic acids is 1. The van der Waals surface area contributed by atoms with E-state index in [4.69, 9.17) is 4.74 Å². The minimum atomic E-state index is -0.861. The molecule has 1 fully saturated rings. The molecule has 4 nitrogen and oxygen atoms in total. The molecule has 2 N–H and O–H groups in total. The summed E-state index contributed by atoms with van der Waals surface area (Å²) in [7, 11) is 0. The fourth-order valence-electron chi connectivity index (χ4n) is 2.97. The molecule has 1 heterocycles. The number of amides is 1. The van der Waals surface area contributed by atoms with Crippen molar-refractivity contribution in [3.8, 4) is 0 Å². The number of halogens is 2. The molecular formula is C19H20F2N2O2. The summed E-state index contributed by atoms with van der Waals surface area (Å²) in [6.45, 7) is 2.66. The van der Waals surface area contributed by atoms with Crippen molar-refractivity contribution in [2.75, 3.05) is 11.9 Å². The Balaban J connectivity index is 1.61. The molecule has 2 aromatic carbocycles. The topological polar surface area (TPSA) is 50.4 Å². The third kappa shape index (κ3) is 4.41. The minimum absolute atomic E-state index is 0.0277. The quantitative estimate of drug-likeness (QED) is 0.871. The number of rotatable bonds is 5. The SMILES string of the molecule is CC(=O)Nc1ccc(CN[C@H]2CCO[C@H]2c2ccc(F)c(F)c2)cc1. The van der Waals surface area contributed by atoms with Crippen molar-refractivity contribution < 1.29 is 18.3 Å². The normalized spacial score (nSPS) is 19.8. The van der Waals surface area contributed by atoms with Crippen LogP contribution in [0.4, 0.5) is 14.5 Å². The second-order valence-electron chi connectivity index (χ2n) is 6.12. The van der Waals surface area contributed by atoms with Gasteiger partial charge in [-0.2, -0.15) is 0 Å². The van der Waals surface area contributed by atoms with Crippen LogP contribution >= 0.6 is 0 Å².